The summed E-state index contributed by atoms with van der Waals surface area (Å²) >= 11 is 1.59. The third kappa shape index (κ3) is 1.68. The monoisotopic (exact) mass is 208 g/mol. The lowest BCUT2D eigenvalue weighted by Crippen LogP contribution is -1.99. The average molecular weight is 208 g/mol. The van der Waals surface area contributed by atoms with Crippen LogP contribution in [0, 0.1) is 6.92 Å². The van der Waals surface area contributed by atoms with Crippen molar-refractivity contribution in [2.24, 2.45) is 0 Å². The van der Waals surface area contributed by atoms with Gasteiger partial charge < -0.3 is 0 Å². The molecule has 0 bridgehead atoms. The van der Waals surface area contributed by atoms with Crippen LogP contribution in [-0.4, -0.2) is 19.7 Å². The molecule has 2 aromatic rings. The Kier molecular flexibility index (Phi) is 2.58. The number of aromatic nitrogens is 4. The van der Waals surface area contributed by atoms with Crippen LogP contribution in [0.25, 0.3) is 5.13 Å². The van der Waals surface area contributed by atoms with E-state index in [1.54, 1.807) is 11.3 Å². The lowest BCUT2D eigenvalue weighted by molar-refractivity contribution is 0.799. The summed E-state index contributed by atoms with van der Waals surface area (Å²) in [6.07, 6.45) is 5.81. The molecule has 0 saturated carbocycles. The van der Waals surface area contributed by atoms with Crippen molar-refractivity contribution in [3.63, 3.8) is 0 Å². The van der Waals surface area contributed by atoms with E-state index in [9.17, 15) is 0 Å². The lowest BCUT2D eigenvalue weighted by atomic mass is 10.3. The van der Waals surface area contributed by atoms with Crippen molar-refractivity contribution in [1.82, 2.24) is 19.7 Å². The molecule has 2 heterocycles. The summed E-state index contributed by atoms with van der Waals surface area (Å²) in [6.45, 7) is 4.10. The van der Waals surface area contributed by atoms with Gasteiger partial charge in [0.15, 0.2) is 0 Å². The predicted octanol–water partition coefficient (Wildman–Crippen LogP) is 1.98. The molecule has 2 aromatic heterocycles. The first-order valence-electron chi connectivity index (χ1n) is 4.64. The van der Waals surface area contributed by atoms with Gasteiger partial charge in [-0.25, -0.2) is 4.98 Å². The first-order chi connectivity index (χ1) is 6.81. The van der Waals surface area contributed by atoms with E-state index in [1.807, 2.05) is 23.9 Å². The van der Waals surface area contributed by atoms with Gasteiger partial charge in [-0.1, -0.05) is 18.3 Å². The molecule has 4 nitrogen and oxygen atoms in total. The van der Waals surface area contributed by atoms with Gasteiger partial charge in [-0.2, -0.15) is 0 Å². The van der Waals surface area contributed by atoms with Gasteiger partial charge >= 0.3 is 0 Å². The van der Waals surface area contributed by atoms with Crippen molar-refractivity contribution < 1.29 is 0 Å². The van der Waals surface area contributed by atoms with Crippen LogP contribution >= 0.6 is 11.3 Å². The van der Waals surface area contributed by atoms with E-state index in [0.29, 0.717) is 0 Å². The van der Waals surface area contributed by atoms with E-state index in [4.69, 9.17) is 0 Å². The van der Waals surface area contributed by atoms with Crippen LogP contribution in [0.4, 0.5) is 0 Å². The Hall–Kier alpha value is -1.23. The molecule has 5 heteroatoms. The number of nitrogens with zero attached hydrogens (tertiary/aromatic N) is 4. The molecule has 0 N–H and O–H groups in total. The fraction of sp³-hybridized carbons (Fsp3) is 0.444. The van der Waals surface area contributed by atoms with Gasteiger partial charge in [0.1, 0.15) is 10.8 Å². The maximum Gasteiger partial charge on any atom is 0.217 e. The zero-order chi connectivity index (χ0) is 9.97. The molecule has 0 aliphatic heterocycles. The van der Waals surface area contributed by atoms with Crippen LogP contribution in [-0.2, 0) is 6.42 Å². The molecule has 0 aromatic carbocycles. The maximum absolute atomic E-state index is 4.29. The van der Waals surface area contributed by atoms with Crippen LogP contribution in [0.2, 0.25) is 0 Å². The fourth-order valence-corrected chi connectivity index (χ4v) is 1.99. The highest BCUT2D eigenvalue weighted by Crippen LogP contribution is 2.15. The molecule has 0 atom stereocenters. The number of aryl methyl sites for hydroxylation is 2. The second-order valence-corrected chi connectivity index (χ2v) is 4.23. The zero-order valence-electron chi connectivity index (χ0n) is 8.27. The molecule has 0 saturated heterocycles. The van der Waals surface area contributed by atoms with Crippen LogP contribution in [0.3, 0.4) is 0 Å². The van der Waals surface area contributed by atoms with Crippen molar-refractivity contribution in [3.05, 3.63) is 23.2 Å². The summed E-state index contributed by atoms with van der Waals surface area (Å²) in [7, 11) is 0. The van der Waals surface area contributed by atoms with E-state index >= 15 is 0 Å². The van der Waals surface area contributed by atoms with Gasteiger partial charge in [-0.15, -0.1) is 10.2 Å². The van der Waals surface area contributed by atoms with E-state index in [1.165, 1.54) is 0 Å². The zero-order valence-corrected chi connectivity index (χ0v) is 9.08. The predicted molar refractivity (Wildman–Crippen MR) is 55.8 cm³/mol. The highest BCUT2D eigenvalue weighted by atomic mass is 32.1. The Labute approximate surface area is 86.6 Å². The molecule has 0 radical (unpaired) electrons. The molecular weight excluding hydrogens is 196 g/mol. The molecule has 0 unspecified atom stereocenters. The van der Waals surface area contributed by atoms with Gasteiger partial charge in [0.25, 0.3) is 0 Å². The van der Waals surface area contributed by atoms with E-state index in [2.05, 4.69) is 22.1 Å². The molecule has 0 aliphatic carbocycles. The smallest absolute Gasteiger partial charge is 0.217 e. The standard InChI is InChI=1S/C9H12N4S/c1-3-4-8-10-5-6-13(8)9-12-11-7(2)14-9/h5-6H,3-4H2,1-2H3. The molecule has 14 heavy (non-hydrogen) atoms. The molecule has 0 spiro atoms. The molecule has 0 fully saturated rings. The third-order valence-corrected chi connectivity index (χ3v) is 2.75. The van der Waals surface area contributed by atoms with Crippen molar-refractivity contribution in [1.29, 1.82) is 0 Å². The number of hydrogen-bond donors (Lipinski definition) is 0. The Morgan fingerprint density at radius 2 is 2.29 bits per heavy atom. The maximum atomic E-state index is 4.29. The van der Waals surface area contributed by atoms with Gasteiger partial charge in [0.05, 0.1) is 0 Å². The average Bonchev–Trinajstić information content (AvgIpc) is 2.74. The normalized spacial score (nSPS) is 10.7. The molecule has 0 amide bonds. The van der Waals surface area contributed by atoms with Crippen molar-refractivity contribution in [2.75, 3.05) is 0 Å². The van der Waals surface area contributed by atoms with Gasteiger partial charge in [-0.3, -0.25) is 4.57 Å². The second kappa shape index (κ2) is 3.88. The van der Waals surface area contributed by atoms with Crippen molar-refractivity contribution >= 4 is 11.3 Å². The Morgan fingerprint density at radius 1 is 1.43 bits per heavy atom. The largest absolute Gasteiger partial charge is 0.278 e. The topological polar surface area (TPSA) is 43.6 Å². The van der Waals surface area contributed by atoms with Crippen LogP contribution in [0.1, 0.15) is 24.2 Å². The Bertz CT molecular complexity index is 418. The summed E-state index contributed by atoms with van der Waals surface area (Å²) in [5, 5.41) is 9.97. The number of rotatable bonds is 3. The van der Waals surface area contributed by atoms with Gasteiger partial charge in [-0.05, 0) is 13.3 Å². The first kappa shape index (κ1) is 9.33. The summed E-state index contributed by atoms with van der Waals surface area (Å²) < 4.78 is 2.01. The minimum atomic E-state index is 0.906. The quantitative estimate of drug-likeness (QED) is 0.774. The lowest BCUT2D eigenvalue weighted by Gasteiger charge is -2.00. The van der Waals surface area contributed by atoms with Gasteiger partial charge in [0, 0.05) is 18.8 Å². The Morgan fingerprint density at radius 3 is 2.93 bits per heavy atom. The molecular formula is C9H12N4S. The molecule has 0 aliphatic rings. The van der Waals surface area contributed by atoms with Crippen LogP contribution in [0.15, 0.2) is 12.4 Å². The summed E-state index contributed by atoms with van der Waals surface area (Å²) in [5.41, 5.74) is 0. The Balaban J connectivity index is 2.36. The van der Waals surface area contributed by atoms with Crippen molar-refractivity contribution in [3.8, 4) is 5.13 Å². The summed E-state index contributed by atoms with van der Waals surface area (Å²) in [4.78, 5) is 4.29. The van der Waals surface area contributed by atoms with Gasteiger partial charge in [0.2, 0.25) is 5.13 Å². The van der Waals surface area contributed by atoms with Crippen LogP contribution < -0.4 is 0 Å². The highest BCUT2D eigenvalue weighted by molar-refractivity contribution is 7.13. The van der Waals surface area contributed by atoms with E-state index < -0.39 is 0 Å². The highest BCUT2D eigenvalue weighted by Gasteiger charge is 2.07. The second-order valence-electron chi connectivity index (χ2n) is 3.07. The van der Waals surface area contributed by atoms with E-state index in [-0.39, 0.29) is 0 Å². The minimum absolute atomic E-state index is 0.906. The summed E-state index contributed by atoms with van der Waals surface area (Å²) in [5.74, 6) is 1.06. The molecule has 74 valence electrons. The van der Waals surface area contributed by atoms with Crippen LogP contribution in [0.5, 0.6) is 0 Å². The number of imidazole rings is 1. The minimum Gasteiger partial charge on any atom is -0.278 e. The first-order valence-corrected chi connectivity index (χ1v) is 5.45. The molecule has 2 rings (SSSR count). The van der Waals surface area contributed by atoms with Crippen molar-refractivity contribution in [2.45, 2.75) is 26.7 Å². The number of hydrogen-bond acceptors (Lipinski definition) is 4. The third-order valence-electron chi connectivity index (χ3n) is 1.91. The van der Waals surface area contributed by atoms with E-state index in [0.717, 1.165) is 28.8 Å². The summed E-state index contributed by atoms with van der Waals surface area (Å²) in [6, 6.07) is 0. The SMILES string of the molecule is CCCc1nccn1-c1nnc(C)s1. The fourth-order valence-electron chi connectivity index (χ4n) is 1.30.